The van der Waals surface area contributed by atoms with Crippen LogP contribution in [-0.2, 0) is 4.74 Å². The molecule has 2 aliphatic heterocycles. The number of benzene rings is 1. The van der Waals surface area contributed by atoms with Gasteiger partial charge in [-0.3, -0.25) is 0 Å². The van der Waals surface area contributed by atoms with Gasteiger partial charge in [-0.2, -0.15) is 4.98 Å². The van der Waals surface area contributed by atoms with E-state index in [0.29, 0.717) is 42.8 Å². The summed E-state index contributed by atoms with van der Waals surface area (Å²) < 4.78 is 26.6. The number of fused-ring (bicyclic) bond motifs is 2. The molecule has 0 amide bonds. The molecule has 11 heteroatoms. The maximum Gasteiger partial charge on any atom is 0.322 e. The summed E-state index contributed by atoms with van der Waals surface area (Å²) in [5.74, 6) is 2.36. The highest BCUT2D eigenvalue weighted by Gasteiger charge is 2.43. The summed E-state index contributed by atoms with van der Waals surface area (Å²) >= 11 is 5.92. The third-order valence-electron chi connectivity index (χ3n) is 6.91. The zero-order valence-electron chi connectivity index (χ0n) is 18.7. The molecular formula is C23H25ClFN7O2. The molecule has 0 spiro atoms. The quantitative estimate of drug-likeness (QED) is 0.563. The van der Waals surface area contributed by atoms with Gasteiger partial charge in [0, 0.05) is 37.0 Å². The number of piperidine rings is 1. The molecule has 2 aromatic heterocycles. The minimum Gasteiger partial charge on any atom is -0.424 e. The lowest BCUT2D eigenvalue weighted by atomic mass is 9.92. The van der Waals surface area contributed by atoms with Crippen LogP contribution in [-0.4, -0.2) is 57.1 Å². The maximum atomic E-state index is 13.6. The van der Waals surface area contributed by atoms with Crippen molar-refractivity contribution in [1.82, 2.24) is 24.7 Å². The van der Waals surface area contributed by atoms with Crippen LogP contribution in [0.3, 0.4) is 0 Å². The van der Waals surface area contributed by atoms with E-state index in [1.54, 1.807) is 11.0 Å². The zero-order chi connectivity index (χ0) is 23.2. The van der Waals surface area contributed by atoms with Crippen LogP contribution >= 0.6 is 11.6 Å². The molecule has 1 unspecified atom stereocenters. The Bertz CT molecular complexity index is 1190. The first-order valence-electron chi connectivity index (χ1n) is 11.5. The number of nitrogens with one attached hydrogen (secondary N) is 1. The number of hydrogen-bond acceptors (Lipinski definition) is 8. The van der Waals surface area contributed by atoms with Gasteiger partial charge >= 0.3 is 6.01 Å². The van der Waals surface area contributed by atoms with E-state index in [1.807, 2.05) is 13.0 Å². The molecular weight excluding hydrogens is 461 g/mol. The standard InChI is InChI=1S/C23H25ClFN7O2/c1-13-6-20(27-12-26-13)31-8-14-2-3-15(9-31)21(14)28-22-29-23(32(30-22)16-10-33-11-16)34-17-4-5-19(25)18(24)7-17/h4-7,12,14-16,21H,2-3,8-11H2,1H3,(H,28,30)/t14-,15+,21?. The number of ether oxygens (including phenoxy) is 2. The van der Waals surface area contributed by atoms with Crippen molar-refractivity contribution in [3.05, 3.63) is 47.1 Å². The van der Waals surface area contributed by atoms with Crippen molar-refractivity contribution in [2.24, 2.45) is 11.8 Å². The van der Waals surface area contributed by atoms with Crippen LogP contribution in [0.2, 0.25) is 5.02 Å². The van der Waals surface area contributed by atoms with Gasteiger partial charge in [-0.25, -0.2) is 19.0 Å². The largest absolute Gasteiger partial charge is 0.424 e. The lowest BCUT2D eigenvalue weighted by molar-refractivity contribution is -0.0312. The maximum absolute atomic E-state index is 13.6. The van der Waals surface area contributed by atoms with Gasteiger partial charge in [0.15, 0.2) is 0 Å². The molecule has 6 rings (SSSR count). The van der Waals surface area contributed by atoms with Gasteiger partial charge in [-0.15, -0.1) is 5.10 Å². The van der Waals surface area contributed by atoms with Gasteiger partial charge < -0.3 is 19.7 Å². The highest BCUT2D eigenvalue weighted by atomic mass is 35.5. The summed E-state index contributed by atoms with van der Waals surface area (Å²) in [7, 11) is 0. The summed E-state index contributed by atoms with van der Waals surface area (Å²) in [6.07, 6.45) is 3.93. The van der Waals surface area contributed by atoms with Crippen molar-refractivity contribution >= 4 is 23.4 Å². The fourth-order valence-corrected chi connectivity index (χ4v) is 5.27. The number of nitrogens with zero attached hydrogens (tertiary/aromatic N) is 6. The van der Waals surface area contributed by atoms with Gasteiger partial charge in [0.05, 0.1) is 18.2 Å². The highest BCUT2D eigenvalue weighted by molar-refractivity contribution is 6.30. The van der Waals surface area contributed by atoms with E-state index in [0.717, 1.165) is 37.4 Å². The van der Waals surface area contributed by atoms with E-state index in [9.17, 15) is 4.39 Å². The van der Waals surface area contributed by atoms with E-state index in [1.165, 1.54) is 18.2 Å². The van der Waals surface area contributed by atoms with E-state index < -0.39 is 5.82 Å². The summed E-state index contributed by atoms with van der Waals surface area (Å²) in [4.78, 5) is 15.7. The molecule has 34 heavy (non-hydrogen) atoms. The summed E-state index contributed by atoms with van der Waals surface area (Å²) in [5.41, 5.74) is 0.974. The number of halogens is 2. The molecule has 2 bridgehead atoms. The van der Waals surface area contributed by atoms with E-state index in [2.05, 4.69) is 25.2 Å². The molecule has 1 aliphatic carbocycles. The summed E-state index contributed by atoms with van der Waals surface area (Å²) in [5, 5.41) is 8.28. The van der Waals surface area contributed by atoms with Gasteiger partial charge in [0.1, 0.15) is 29.8 Å². The van der Waals surface area contributed by atoms with E-state index >= 15 is 0 Å². The van der Waals surface area contributed by atoms with Crippen LogP contribution in [0.1, 0.15) is 24.6 Å². The molecule has 0 radical (unpaired) electrons. The first kappa shape index (κ1) is 21.5. The first-order chi connectivity index (χ1) is 16.5. The molecule has 1 aromatic carbocycles. The smallest absolute Gasteiger partial charge is 0.322 e. The van der Waals surface area contributed by atoms with Crippen molar-refractivity contribution < 1.29 is 13.9 Å². The van der Waals surface area contributed by atoms with Crippen LogP contribution < -0.4 is 15.0 Å². The van der Waals surface area contributed by atoms with Gasteiger partial charge in [0.2, 0.25) is 5.95 Å². The van der Waals surface area contributed by atoms with Gasteiger partial charge in [-0.1, -0.05) is 11.6 Å². The number of anilines is 2. The zero-order valence-corrected chi connectivity index (χ0v) is 19.5. The predicted molar refractivity (Wildman–Crippen MR) is 124 cm³/mol. The Kier molecular flexibility index (Phi) is 5.49. The molecule has 3 aromatic rings. The SMILES string of the molecule is Cc1cc(N2C[C@H]3CC[C@@H](C2)C3Nc2nc(Oc3ccc(F)c(Cl)c3)n(C3COC3)n2)ncn1. The topological polar surface area (TPSA) is 90.2 Å². The second-order valence-corrected chi connectivity index (χ2v) is 9.63. The number of aryl methyl sites for hydroxylation is 1. The monoisotopic (exact) mass is 485 g/mol. The first-order valence-corrected chi connectivity index (χ1v) is 11.9. The molecule has 3 atom stereocenters. The van der Waals surface area contributed by atoms with Crippen LogP contribution in [0.4, 0.5) is 16.2 Å². The normalized spacial score (nSPS) is 24.2. The number of aromatic nitrogens is 5. The van der Waals surface area contributed by atoms with Crippen LogP contribution in [0.25, 0.3) is 0 Å². The predicted octanol–water partition coefficient (Wildman–Crippen LogP) is 3.86. The Morgan fingerprint density at radius 3 is 2.62 bits per heavy atom. The van der Waals surface area contributed by atoms with Gasteiger partial charge in [-0.05, 0) is 43.7 Å². The Hall–Kier alpha value is -2.98. The lowest BCUT2D eigenvalue weighted by Crippen LogP contribution is -2.48. The molecule has 3 aliphatic rings. The minimum atomic E-state index is -0.496. The fourth-order valence-electron chi connectivity index (χ4n) is 5.10. The Balaban J connectivity index is 1.20. The summed E-state index contributed by atoms with van der Waals surface area (Å²) in [6, 6.07) is 6.94. The van der Waals surface area contributed by atoms with Crippen LogP contribution in [0.15, 0.2) is 30.6 Å². The van der Waals surface area contributed by atoms with Crippen molar-refractivity contribution in [3.8, 4) is 11.8 Å². The van der Waals surface area contributed by atoms with E-state index in [-0.39, 0.29) is 17.1 Å². The molecule has 9 nitrogen and oxygen atoms in total. The average Bonchev–Trinajstić information content (AvgIpc) is 3.25. The number of hydrogen-bond donors (Lipinski definition) is 1. The van der Waals surface area contributed by atoms with Crippen molar-refractivity contribution in [2.45, 2.75) is 31.8 Å². The molecule has 1 N–H and O–H groups in total. The van der Waals surface area contributed by atoms with Crippen molar-refractivity contribution in [3.63, 3.8) is 0 Å². The van der Waals surface area contributed by atoms with Crippen molar-refractivity contribution in [1.29, 1.82) is 0 Å². The third kappa shape index (κ3) is 4.05. The fraction of sp³-hybridized carbons (Fsp3) is 0.478. The molecule has 3 fully saturated rings. The second kappa shape index (κ2) is 8.66. The Morgan fingerprint density at radius 2 is 1.94 bits per heavy atom. The number of rotatable bonds is 6. The molecule has 4 heterocycles. The van der Waals surface area contributed by atoms with Crippen LogP contribution in [0, 0.1) is 24.6 Å². The molecule has 1 saturated carbocycles. The second-order valence-electron chi connectivity index (χ2n) is 9.22. The molecule has 178 valence electrons. The summed E-state index contributed by atoms with van der Waals surface area (Å²) in [6.45, 7) is 4.94. The Labute approximate surface area is 201 Å². The van der Waals surface area contributed by atoms with Crippen LogP contribution in [0.5, 0.6) is 11.8 Å². The average molecular weight is 486 g/mol. The Morgan fingerprint density at radius 1 is 1.15 bits per heavy atom. The van der Waals surface area contributed by atoms with Gasteiger partial charge in [0.25, 0.3) is 0 Å². The van der Waals surface area contributed by atoms with E-state index in [4.69, 9.17) is 26.2 Å². The van der Waals surface area contributed by atoms with Crippen molar-refractivity contribution in [2.75, 3.05) is 36.5 Å². The highest BCUT2D eigenvalue weighted by Crippen LogP contribution is 2.40. The lowest BCUT2D eigenvalue weighted by Gasteiger charge is -2.38. The minimum absolute atomic E-state index is 0.00360. The third-order valence-corrected chi connectivity index (χ3v) is 7.20. The molecule has 2 saturated heterocycles.